The number of aryl methyl sites for hydroxylation is 2. The van der Waals surface area contributed by atoms with Crippen molar-refractivity contribution in [2.24, 2.45) is 0 Å². The summed E-state index contributed by atoms with van der Waals surface area (Å²) < 4.78 is 0. The maximum absolute atomic E-state index is 12.4. The van der Waals surface area contributed by atoms with Crippen LogP contribution in [0.15, 0.2) is 4.79 Å². The first-order chi connectivity index (χ1) is 13.0. The van der Waals surface area contributed by atoms with Crippen LogP contribution >= 0.6 is 23.1 Å². The molecule has 0 aromatic carbocycles. The van der Waals surface area contributed by atoms with Crippen molar-refractivity contribution < 1.29 is 4.79 Å². The predicted molar refractivity (Wildman–Crippen MR) is 114 cm³/mol. The number of carbonyl (C=O) groups is 1. The summed E-state index contributed by atoms with van der Waals surface area (Å²) in [5.41, 5.74) is 1.16. The van der Waals surface area contributed by atoms with Crippen molar-refractivity contribution in [3.05, 3.63) is 26.6 Å². The van der Waals surface area contributed by atoms with E-state index in [9.17, 15) is 9.59 Å². The summed E-state index contributed by atoms with van der Waals surface area (Å²) in [7, 11) is 0. The van der Waals surface area contributed by atoms with Crippen molar-refractivity contribution in [2.45, 2.75) is 51.8 Å². The SMILES string of the molecule is CCN(CC)C(C)CNC(=O)CSCc1nc2sc3c(c2c(=O)[nH]1)CCC3. The number of nitrogens with zero attached hydrogens (tertiary/aromatic N) is 2. The van der Waals surface area contributed by atoms with E-state index in [2.05, 4.69) is 41.0 Å². The molecule has 3 rings (SSSR count). The molecule has 1 amide bonds. The molecule has 27 heavy (non-hydrogen) atoms. The van der Waals surface area contributed by atoms with Gasteiger partial charge in [-0.15, -0.1) is 23.1 Å². The highest BCUT2D eigenvalue weighted by atomic mass is 32.2. The first kappa shape index (κ1) is 20.4. The molecule has 0 bridgehead atoms. The Kier molecular flexibility index (Phi) is 6.94. The quantitative estimate of drug-likeness (QED) is 0.667. The largest absolute Gasteiger partial charge is 0.354 e. The second-order valence-electron chi connectivity index (χ2n) is 6.92. The van der Waals surface area contributed by atoms with Crippen LogP contribution < -0.4 is 10.9 Å². The summed E-state index contributed by atoms with van der Waals surface area (Å²) in [5.74, 6) is 1.58. The number of rotatable bonds is 9. The molecular formula is C19H28N4O2S2. The average Bonchev–Trinajstić information content (AvgIpc) is 3.21. The molecule has 2 N–H and O–H groups in total. The Bertz CT molecular complexity index is 857. The number of nitrogens with one attached hydrogen (secondary N) is 2. The van der Waals surface area contributed by atoms with Crippen LogP contribution in [0.3, 0.4) is 0 Å². The number of hydrogen-bond donors (Lipinski definition) is 2. The minimum Gasteiger partial charge on any atom is -0.354 e. The third-order valence-electron chi connectivity index (χ3n) is 5.13. The van der Waals surface area contributed by atoms with E-state index < -0.39 is 0 Å². The van der Waals surface area contributed by atoms with E-state index in [-0.39, 0.29) is 11.5 Å². The van der Waals surface area contributed by atoms with Gasteiger partial charge in [-0.3, -0.25) is 14.5 Å². The highest BCUT2D eigenvalue weighted by Crippen LogP contribution is 2.34. The second kappa shape index (κ2) is 9.21. The predicted octanol–water partition coefficient (Wildman–Crippen LogP) is 2.55. The zero-order valence-electron chi connectivity index (χ0n) is 16.3. The van der Waals surface area contributed by atoms with E-state index in [4.69, 9.17) is 0 Å². The van der Waals surface area contributed by atoms with Gasteiger partial charge < -0.3 is 10.3 Å². The van der Waals surface area contributed by atoms with E-state index in [1.807, 2.05) is 0 Å². The van der Waals surface area contributed by atoms with Crippen molar-refractivity contribution in [1.82, 2.24) is 20.2 Å². The smallest absolute Gasteiger partial charge is 0.259 e. The third kappa shape index (κ3) is 4.73. The lowest BCUT2D eigenvalue weighted by Gasteiger charge is -2.26. The molecular weight excluding hydrogens is 380 g/mol. The van der Waals surface area contributed by atoms with E-state index in [0.29, 0.717) is 29.9 Å². The van der Waals surface area contributed by atoms with Gasteiger partial charge in [0, 0.05) is 17.5 Å². The van der Waals surface area contributed by atoms with Gasteiger partial charge in [0.25, 0.3) is 5.56 Å². The maximum atomic E-state index is 12.4. The Hall–Kier alpha value is -1.38. The molecule has 2 aromatic heterocycles. The van der Waals surface area contributed by atoms with Gasteiger partial charge in [-0.05, 0) is 44.8 Å². The van der Waals surface area contributed by atoms with Gasteiger partial charge in [-0.1, -0.05) is 13.8 Å². The van der Waals surface area contributed by atoms with Crippen molar-refractivity contribution >= 4 is 39.2 Å². The van der Waals surface area contributed by atoms with Crippen LogP contribution in [0, 0.1) is 0 Å². The molecule has 0 spiro atoms. The zero-order chi connectivity index (χ0) is 19.4. The summed E-state index contributed by atoms with van der Waals surface area (Å²) in [5, 5.41) is 3.77. The number of hydrogen-bond acceptors (Lipinski definition) is 6. The van der Waals surface area contributed by atoms with Crippen LogP contribution in [0.2, 0.25) is 0 Å². The monoisotopic (exact) mass is 408 g/mol. The summed E-state index contributed by atoms with van der Waals surface area (Å²) >= 11 is 3.13. The summed E-state index contributed by atoms with van der Waals surface area (Å²) in [4.78, 5) is 36.5. The van der Waals surface area contributed by atoms with Crippen LogP contribution in [0.5, 0.6) is 0 Å². The lowest BCUT2D eigenvalue weighted by molar-refractivity contribution is -0.118. The molecule has 0 radical (unpaired) electrons. The second-order valence-corrected chi connectivity index (χ2v) is 8.99. The minimum atomic E-state index is -0.0347. The molecule has 1 aliphatic carbocycles. The lowest BCUT2D eigenvalue weighted by Crippen LogP contribution is -2.42. The Morgan fingerprint density at radius 2 is 2.15 bits per heavy atom. The number of carbonyl (C=O) groups excluding carboxylic acids is 1. The molecule has 0 saturated heterocycles. The van der Waals surface area contributed by atoms with E-state index >= 15 is 0 Å². The van der Waals surface area contributed by atoms with E-state index in [0.717, 1.165) is 42.6 Å². The third-order valence-corrected chi connectivity index (χ3v) is 7.26. The summed E-state index contributed by atoms with van der Waals surface area (Å²) in [6, 6.07) is 0.329. The summed E-state index contributed by atoms with van der Waals surface area (Å²) in [6.07, 6.45) is 3.18. The number of fused-ring (bicyclic) bond motifs is 3. The van der Waals surface area contributed by atoms with Crippen LogP contribution in [-0.2, 0) is 23.4 Å². The number of likely N-dealkylation sites (N-methyl/N-ethyl adjacent to an activating group) is 1. The van der Waals surface area contributed by atoms with E-state index in [1.165, 1.54) is 22.2 Å². The standard InChI is InChI=1S/C19H28N4O2S2/c1-4-23(5-2)12(3)9-20-16(24)11-26-10-15-21-18(25)17-13-7-6-8-14(13)27-19(17)22-15/h12H,4-11H2,1-3H3,(H,20,24)(H,21,22,25). The highest BCUT2D eigenvalue weighted by molar-refractivity contribution is 7.99. The van der Waals surface area contributed by atoms with Crippen molar-refractivity contribution in [3.8, 4) is 0 Å². The Balaban J connectivity index is 1.50. The normalized spacial score (nSPS) is 14.7. The number of H-pyrrole nitrogens is 1. The van der Waals surface area contributed by atoms with E-state index in [1.54, 1.807) is 11.3 Å². The van der Waals surface area contributed by atoms with Gasteiger partial charge in [0.05, 0.1) is 16.9 Å². The molecule has 0 saturated carbocycles. The van der Waals surface area contributed by atoms with Crippen molar-refractivity contribution in [2.75, 3.05) is 25.4 Å². The van der Waals surface area contributed by atoms with Gasteiger partial charge in [0.1, 0.15) is 10.7 Å². The lowest BCUT2D eigenvalue weighted by atomic mass is 10.2. The molecule has 0 fully saturated rings. The molecule has 2 aromatic rings. The topological polar surface area (TPSA) is 78.1 Å². The van der Waals surface area contributed by atoms with Crippen LogP contribution in [0.25, 0.3) is 10.2 Å². The summed E-state index contributed by atoms with van der Waals surface area (Å²) in [6.45, 7) is 9.01. The fourth-order valence-corrected chi connectivity index (χ4v) is 5.64. The van der Waals surface area contributed by atoms with Crippen LogP contribution in [-0.4, -0.2) is 52.2 Å². The molecule has 6 nitrogen and oxygen atoms in total. The van der Waals surface area contributed by atoms with Crippen LogP contribution in [0.4, 0.5) is 0 Å². The fourth-order valence-electron chi connectivity index (χ4n) is 3.64. The minimum absolute atomic E-state index is 0.0255. The van der Waals surface area contributed by atoms with Gasteiger partial charge in [-0.2, -0.15) is 0 Å². The molecule has 2 heterocycles. The number of aromatic amines is 1. The van der Waals surface area contributed by atoms with Crippen LogP contribution in [0.1, 0.15) is 43.5 Å². The molecule has 8 heteroatoms. The first-order valence-electron chi connectivity index (χ1n) is 9.65. The first-order valence-corrected chi connectivity index (χ1v) is 11.6. The Morgan fingerprint density at radius 3 is 2.89 bits per heavy atom. The van der Waals surface area contributed by atoms with Gasteiger partial charge in [0.15, 0.2) is 0 Å². The molecule has 0 aliphatic heterocycles. The average molecular weight is 409 g/mol. The van der Waals surface area contributed by atoms with Gasteiger partial charge >= 0.3 is 0 Å². The Labute approximate surface area is 168 Å². The molecule has 1 aliphatic rings. The molecule has 1 unspecified atom stereocenters. The molecule has 1 atom stereocenters. The van der Waals surface area contributed by atoms with Crippen molar-refractivity contribution in [3.63, 3.8) is 0 Å². The molecule has 148 valence electrons. The number of amides is 1. The van der Waals surface area contributed by atoms with Crippen molar-refractivity contribution in [1.29, 1.82) is 0 Å². The zero-order valence-corrected chi connectivity index (χ0v) is 17.9. The number of thiophene rings is 1. The Morgan fingerprint density at radius 1 is 1.37 bits per heavy atom. The van der Waals surface area contributed by atoms with Gasteiger partial charge in [0.2, 0.25) is 5.91 Å². The highest BCUT2D eigenvalue weighted by Gasteiger charge is 2.21. The number of thioether (sulfide) groups is 1. The maximum Gasteiger partial charge on any atom is 0.259 e. The van der Waals surface area contributed by atoms with Gasteiger partial charge in [-0.25, -0.2) is 4.98 Å². The fraction of sp³-hybridized carbons (Fsp3) is 0.632. The number of aromatic nitrogens is 2.